The fourth-order valence-electron chi connectivity index (χ4n) is 2.06. The van der Waals surface area contributed by atoms with Crippen molar-refractivity contribution in [1.82, 2.24) is 9.78 Å². The van der Waals surface area contributed by atoms with Crippen molar-refractivity contribution in [3.8, 4) is 5.69 Å². The van der Waals surface area contributed by atoms with E-state index in [1.807, 2.05) is 29.8 Å². The highest BCUT2D eigenvalue weighted by Gasteiger charge is 2.12. The summed E-state index contributed by atoms with van der Waals surface area (Å²) in [6.45, 7) is 6.79. The van der Waals surface area contributed by atoms with Gasteiger partial charge in [0.25, 0.3) is 0 Å². The summed E-state index contributed by atoms with van der Waals surface area (Å²) in [6.07, 6.45) is 0.823. The summed E-state index contributed by atoms with van der Waals surface area (Å²) in [7, 11) is 0. The Morgan fingerprint density at radius 1 is 1.28 bits per heavy atom. The molecule has 0 amide bonds. The van der Waals surface area contributed by atoms with Crippen LogP contribution < -0.4 is 5.73 Å². The molecule has 0 aliphatic heterocycles. The van der Waals surface area contributed by atoms with E-state index in [2.05, 4.69) is 18.9 Å². The van der Waals surface area contributed by atoms with Crippen molar-refractivity contribution in [3.63, 3.8) is 0 Å². The molecule has 0 aliphatic carbocycles. The molecule has 4 heteroatoms. The highest BCUT2D eigenvalue weighted by Crippen LogP contribution is 2.23. The molecule has 0 unspecified atom stereocenters. The number of halogens is 1. The first-order valence-electron chi connectivity index (χ1n) is 6.06. The van der Waals surface area contributed by atoms with Crippen molar-refractivity contribution in [2.45, 2.75) is 27.2 Å². The van der Waals surface area contributed by atoms with Gasteiger partial charge in [-0.25, -0.2) is 4.68 Å². The highest BCUT2D eigenvalue weighted by molar-refractivity contribution is 6.30. The maximum absolute atomic E-state index is 6.09. The number of aryl methyl sites for hydroxylation is 1. The molecule has 2 N–H and O–H groups in total. The summed E-state index contributed by atoms with van der Waals surface area (Å²) in [6, 6.07) is 5.87. The van der Waals surface area contributed by atoms with Gasteiger partial charge in [-0.05, 0) is 57.0 Å². The van der Waals surface area contributed by atoms with Crippen LogP contribution >= 0.6 is 11.6 Å². The zero-order valence-corrected chi connectivity index (χ0v) is 11.8. The Morgan fingerprint density at radius 3 is 2.56 bits per heavy atom. The summed E-state index contributed by atoms with van der Waals surface area (Å²) >= 11 is 6.09. The van der Waals surface area contributed by atoms with E-state index in [9.17, 15) is 0 Å². The smallest absolute Gasteiger partial charge is 0.0696 e. The predicted octanol–water partition coefficient (Wildman–Crippen LogP) is 2.95. The molecule has 3 nitrogen and oxygen atoms in total. The average Bonchev–Trinajstić information content (AvgIpc) is 2.60. The monoisotopic (exact) mass is 263 g/mol. The molecule has 1 heterocycles. The number of aromatic nitrogens is 2. The van der Waals surface area contributed by atoms with Gasteiger partial charge in [-0.2, -0.15) is 5.10 Å². The number of hydrogen-bond donors (Lipinski definition) is 1. The van der Waals surface area contributed by atoms with Crippen molar-refractivity contribution in [2.75, 3.05) is 6.54 Å². The van der Waals surface area contributed by atoms with Crippen LogP contribution in [-0.2, 0) is 6.42 Å². The molecule has 0 radical (unpaired) electrons. The summed E-state index contributed by atoms with van der Waals surface area (Å²) in [5, 5.41) is 5.30. The molecule has 1 aromatic heterocycles. The molecule has 2 rings (SSSR count). The number of hydrogen-bond acceptors (Lipinski definition) is 2. The normalized spacial score (nSPS) is 10.9. The predicted molar refractivity (Wildman–Crippen MR) is 75.5 cm³/mol. The van der Waals surface area contributed by atoms with Crippen LogP contribution in [0.5, 0.6) is 0 Å². The van der Waals surface area contributed by atoms with Gasteiger partial charge >= 0.3 is 0 Å². The van der Waals surface area contributed by atoms with Crippen LogP contribution in [0.1, 0.15) is 22.5 Å². The number of rotatable bonds is 3. The highest BCUT2D eigenvalue weighted by atomic mass is 35.5. The zero-order chi connectivity index (χ0) is 13.3. The van der Waals surface area contributed by atoms with Crippen LogP contribution in [0.2, 0.25) is 5.02 Å². The number of nitrogens with zero attached hydrogens (tertiary/aromatic N) is 2. The molecule has 0 bridgehead atoms. The summed E-state index contributed by atoms with van der Waals surface area (Å²) in [5.74, 6) is 0. The summed E-state index contributed by atoms with van der Waals surface area (Å²) in [5.41, 5.74) is 11.3. The Labute approximate surface area is 113 Å². The van der Waals surface area contributed by atoms with Gasteiger partial charge in [0, 0.05) is 10.7 Å². The van der Waals surface area contributed by atoms with Gasteiger partial charge in [0.05, 0.1) is 11.4 Å². The molecule has 0 saturated heterocycles. The minimum atomic E-state index is 0.618. The maximum atomic E-state index is 6.09. The van der Waals surface area contributed by atoms with Crippen LogP contribution in [-0.4, -0.2) is 16.3 Å². The topological polar surface area (TPSA) is 43.8 Å². The van der Waals surface area contributed by atoms with Crippen molar-refractivity contribution in [1.29, 1.82) is 0 Å². The minimum absolute atomic E-state index is 0.618. The van der Waals surface area contributed by atoms with Crippen LogP contribution in [0, 0.1) is 20.8 Å². The third kappa shape index (κ3) is 2.28. The van der Waals surface area contributed by atoms with Gasteiger partial charge < -0.3 is 5.73 Å². The van der Waals surface area contributed by atoms with Crippen molar-refractivity contribution in [3.05, 3.63) is 45.7 Å². The van der Waals surface area contributed by atoms with Crippen molar-refractivity contribution >= 4 is 11.6 Å². The average molecular weight is 264 g/mol. The van der Waals surface area contributed by atoms with Crippen LogP contribution in [0.3, 0.4) is 0 Å². The van der Waals surface area contributed by atoms with E-state index in [-0.39, 0.29) is 0 Å². The Balaban J connectivity index is 2.61. The molecule has 96 valence electrons. The van der Waals surface area contributed by atoms with Gasteiger partial charge in [0.15, 0.2) is 0 Å². The van der Waals surface area contributed by atoms with Gasteiger partial charge in [-0.1, -0.05) is 17.7 Å². The third-order valence-corrected chi connectivity index (χ3v) is 3.58. The lowest BCUT2D eigenvalue weighted by molar-refractivity contribution is 0.813. The molecule has 0 fully saturated rings. The molecule has 2 aromatic rings. The first-order valence-corrected chi connectivity index (χ1v) is 6.44. The molecule has 0 aliphatic rings. The second kappa shape index (κ2) is 5.12. The molecule has 0 atom stereocenters. The van der Waals surface area contributed by atoms with Gasteiger partial charge in [-0.3, -0.25) is 0 Å². The number of benzene rings is 1. The largest absolute Gasteiger partial charge is 0.330 e. The van der Waals surface area contributed by atoms with E-state index < -0.39 is 0 Å². The van der Waals surface area contributed by atoms with Gasteiger partial charge in [-0.15, -0.1) is 0 Å². The van der Waals surface area contributed by atoms with Crippen LogP contribution in [0.25, 0.3) is 5.69 Å². The Kier molecular flexibility index (Phi) is 3.73. The summed E-state index contributed by atoms with van der Waals surface area (Å²) < 4.78 is 1.96. The molecule has 1 aromatic carbocycles. The first kappa shape index (κ1) is 13.1. The minimum Gasteiger partial charge on any atom is -0.330 e. The van der Waals surface area contributed by atoms with E-state index in [0.717, 1.165) is 28.5 Å². The SMILES string of the molecule is Cc1nn(-c2cc(Cl)ccc2CCN)c(C)c1C. The fraction of sp³-hybridized carbons (Fsp3) is 0.357. The van der Waals surface area contributed by atoms with Gasteiger partial charge in [0.2, 0.25) is 0 Å². The second-order valence-corrected chi connectivity index (χ2v) is 4.96. The molecular weight excluding hydrogens is 246 g/mol. The van der Waals surface area contributed by atoms with E-state index in [1.165, 1.54) is 11.1 Å². The summed E-state index contributed by atoms with van der Waals surface area (Å²) in [4.78, 5) is 0. The molecule has 0 spiro atoms. The first-order chi connectivity index (χ1) is 8.54. The van der Waals surface area contributed by atoms with E-state index in [4.69, 9.17) is 17.3 Å². The molecular formula is C14H18ClN3. The van der Waals surface area contributed by atoms with E-state index in [1.54, 1.807) is 0 Å². The van der Waals surface area contributed by atoms with E-state index in [0.29, 0.717) is 6.54 Å². The third-order valence-electron chi connectivity index (χ3n) is 3.34. The quantitative estimate of drug-likeness (QED) is 0.925. The Morgan fingerprint density at radius 2 is 2.00 bits per heavy atom. The van der Waals surface area contributed by atoms with Crippen LogP contribution in [0.4, 0.5) is 0 Å². The number of nitrogens with two attached hydrogens (primary N) is 1. The standard InChI is InChI=1S/C14H18ClN3/c1-9-10(2)17-18(11(9)3)14-8-13(15)5-4-12(14)6-7-16/h4-5,8H,6-7,16H2,1-3H3. The van der Waals surface area contributed by atoms with Crippen molar-refractivity contribution in [2.24, 2.45) is 5.73 Å². The zero-order valence-electron chi connectivity index (χ0n) is 11.0. The van der Waals surface area contributed by atoms with Gasteiger partial charge in [0.1, 0.15) is 0 Å². The lowest BCUT2D eigenvalue weighted by Gasteiger charge is -2.11. The van der Waals surface area contributed by atoms with E-state index >= 15 is 0 Å². The molecule has 0 saturated carbocycles. The lowest BCUT2D eigenvalue weighted by Crippen LogP contribution is -2.08. The Hall–Kier alpha value is -1.32. The Bertz CT molecular complexity index is 573. The van der Waals surface area contributed by atoms with Crippen molar-refractivity contribution < 1.29 is 0 Å². The second-order valence-electron chi connectivity index (χ2n) is 4.52. The maximum Gasteiger partial charge on any atom is 0.0696 e. The molecule has 18 heavy (non-hydrogen) atoms. The lowest BCUT2D eigenvalue weighted by atomic mass is 10.1. The van der Waals surface area contributed by atoms with Crippen LogP contribution in [0.15, 0.2) is 18.2 Å². The fourth-order valence-corrected chi connectivity index (χ4v) is 2.22.